The van der Waals surface area contributed by atoms with Gasteiger partial charge in [-0.15, -0.1) is 0 Å². The van der Waals surface area contributed by atoms with E-state index < -0.39 is 24.4 Å². The van der Waals surface area contributed by atoms with Gasteiger partial charge >= 0.3 is 13.1 Å². The molecule has 1 unspecified atom stereocenters. The minimum Gasteiger partial charge on any atom is -0.467 e. The molecule has 1 aliphatic heterocycles. The molecule has 1 fully saturated rings. The van der Waals surface area contributed by atoms with Gasteiger partial charge in [-0.05, 0) is 47.0 Å². The maximum absolute atomic E-state index is 11.3. The Morgan fingerprint density at radius 1 is 1.25 bits per heavy atom. The summed E-state index contributed by atoms with van der Waals surface area (Å²) in [5.41, 5.74) is 0.000899. The van der Waals surface area contributed by atoms with Crippen LogP contribution in [0.4, 0.5) is 0 Å². The van der Waals surface area contributed by atoms with Gasteiger partial charge in [-0.3, -0.25) is 4.99 Å². The largest absolute Gasteiger partial charge is 0.496 e. The minimum absolute atomic E-state index is 0.370. The Bertz CT molecular complexity index is 413. The summed E-state index contributed by atoms with van der Waals surface area (Å²) in [7, 11) is 0.873. The van der Waals surface area contributed by atoms with Crippen LogP contribution < -0.4 is 0 Å². The summed E-state index contributed by atoms with van der Waals surface area (Å²) in [6, 6.07) is -0.544. The molecule has 1 saturated heterocycles. The lowest BCUT2D eigenvalue weighted by Crippen LogP contribution is -2.41. The maximum Gasteiger partial charge on any atom is 0.496 e. The lowest BCUT2D eigenvalue weighted by molar-refractivity contribution is -0.141. The van der Waals surface area contributed by atoms with Crippen molar-refractivity contribution in [2.24, 2.45) is 4.99 Å². The van der Waals surface area contributed by atoms with Crippen molar-refractivity contribution in [2.75, 3.05) is 7.11 Å². The van der Waals surface area contributed by atoms with Gasteiger partial charge in [0.05, 0.1) is 18.3 Å². The second-order valence-corrected chi connectivity index (χ2v) is 5.85. The van der Waals surface area contributed by atoms with Gasteiger partial charge in [0.15, 0.2) is 0 Å². The zero-order valence-corrected chi connectivity index (χ0v) is 13.4. The molecule has 1 atom stereocenters. The van der Waals surface area contributed by atoms with Crippen LogP contribution in [0.5, 0.6) is 0 Å². The van der Waals surface area contributed by atoms with E-state index >= 15 is 0 Å². The molecule has 0 aromatic carbocycles. The zero-order valence-electron chi connectivity index (χ0n) is 13.4. The topological polar surface area (TPSA) is 57.1 Å². The van der Waals surface area contributed by atoms with E-state index in [0.717, 1.165) is 5.47 Å². The average molecular weight is 281 g/mol. The molecule has 1 aliphatic rings. The van der Waals surface area contributed by atoms with Crippen molar-refractivity contribution in [3.05, 3.63) is 11.5 Å². The Hall–Kier alpha value is -1.14. The Balaban J connectivity index is 2.80. The molecule has 0 aromatic heterocycles. The fourth-order valence-electron chi connectivity index (χ4n) is 1.68. The number of esters is 1. The quantitative estimate of drug-likeness (QED) is 0.450. The van der Waals surface area contributed by atoms with Crippen molar-refractivity contribution in [1.82, 2.24) is 0 Å². The van der Waals surface area contributed by atoms with Crippen LogP contribution >= 0.6 is 0 Å². The summed E-state index contributed by atoms with van der Waals surface area (Å²) in [6.07, 6.45) is 3.49. The summed E-state index contributed by atoms with van der Waals surface area (Å²) in [6.45, 7) is 11.5. The highest BCUT2D eigenvalue weighted by molar-refractivity contribution is 6.60. The molecular weight excluding hydrogens is 257 g/mol. The van der Waals surface area contributed by atoms with E-state index in [1.165, 1.54) is 7.11 Å². The smallest absolute Gasteiger partial charge is 0.467 e. The first-order chi connectivity index (χ1) is 9.14. The number of carbonyl (C=O) groups excluding carboxylic acids is 1. The number of hydrogen-bond donors (Lipinski definition) is 0. The van der Waals surface area contributed by atoms with Crippen molar-refractivity contribution in [2.45, 2.75) is 58.8 Å². The highest BCUT2D eigenvalue weighted by atomic mass is 16.7. The van der Waals surface area contributed by atoms with Gasteiger partial charge in [0.2, 0.25) is 0 Å². The molecule has 0 saturated carbocycles. The third kappa shape index (κ3) is 3.49. The number of rotatable bonds is 4. The van der Waals surface area contributed by atoms with Crippen molar-refractivity contribution < 1.29 is 18.8 Å². The predicted molar refractivity (Wildman–Crippen MR) is 79.8 cm³/mol. The number of ether oxygens (including phenoxy) is 1. The van der Waals surface area contributed by atoms with Gasteiger partial charge in [-0.25, -0.2) is 4.79 Å². The molecule has 0 N–H and O–H groups in total. The van der Waals surface area contributed by atoms with Crippen LogP contribution in [0, 0.1) is 0 Å². The molecular formula is C14H24BNO4. The monoisotopic (exact) mass is 281 g/mol. The van der Waals surface area contributed by atoms with Gasteiger partial charge in [-0.2, -0.15) is 0 Å². The molecule has 0 amide bonds. The molecule has 5 nitrogen and oxygen atoms in total. The van der Waals surface area contributed by atoms with E-state index in [4.69, 9.17) is 9.31 Å². The summed E-state index contributed by atoms with van der Waals surface area (Å²) in [5, 5.41) is 0. The maximum atomic E-state index is 11.3. The van der Waals surface area contributed by atoms with Crippen LogP contribution in [0.1, 0.15) is 41.5 Å². The van der Waals surface area contributed by atoms with Crippen molar-refractivity contribution >= 4 is 19.3 Å². The van der Waals surface area contributed by atoms with Crippen LogP contribution in [0.25, 0.3) is 0 Å². The molecule has 20 heavy (non-hydrogen) atoms. The SMILES string of the molecule is CC=C(C=NC(C)C(=O)OC)B1OC(C)(C)C(C)(C)O1. The zero-order chi connectivity index (χ0) is 15.6. The number of carbonyl (C=O) groups is 1. The molecule has 0 bridgehead atoms. The van der Waals surface area contributed by atoms with Crippen LogP contribution in [0.15, 0.2) is 16.5 Å². The van der Waals surface area contributed by atoms with Gasteiger partial charge < -0.3 is 14.0 Å². The van der Waals surface area contributed by atoms with Gasteiger partial charge in [-0.1, -0.05) is 6.08 Å². The van der Waals surface area contributed by atoms with E-state index in [1.54, 1.807) is 13.1 Å². The van der Waals surface area contributed by atoms with E-state index in [1.807, 2.05) is 40.7 Å². The molecule has 1 rings (SSSR count). The fraction of sp³-hybridized carbons (Fsp3) is 0.714. The third-order valence-corrected chi connectivity index (χ3v) is 3.85. The van der Waals surface area contributed by atoms with Crippen LogP contribution in [-0.4, -0.2) is 43.7 Å². The van der Waals surface area contributed by atoms with E-state index in [-0.39, 0.29) is 5.97 Å². The first-order valence-corrected chi connectivity index (χ1v) is 6.77. The lowest BCUT2D eigenvalue weighted by Gasteiger charge is -2.32. The Labute approximate surface area is 121 Å². The van der Waals surface area contributed by atoms with E-state index in [2.05, 4.69) is 9.73 Å². The first kappa shape index (κ1) is 16.9. The fourth-order valence-corrected chi connectivity index (χ4v) is 1.68. The highest BCUT2D eigenvalue weighted by Crippen LogP contribution is 2.38. The van der Waals surface area contributed by atoms with Crippen molar-refractivity contribution in [3.8, 4) is 0 Å². The second-order valence-electron chi connectivity index (χ2n) is 5.85. The van der Waals surface area contributed by atoms with Gasteiger partial charge in [0, 0.05) is 6.21 Å². The predicted octanol–water partition coefficient (Wildman–Crippen LogP) is 2.20. The van der Waals surface area contributed by atoms with E-state index in [9.17, 15) is 4.79 Å². The molecule has 1 heterocycles. The summed E-state index contributed by atoms with van der Waals surface area (Å²) in [5.74, 6) is -0.370. The molecule has 0 spiro atoms. The van der Waals surface area contributed by atoms with Gasteiger partial charge in [0.25, 0.3) is 0 Å². The first-order valence-electron chi connectivity index (χ1n) is 6.77. The molecule has 6 heteroatoms. The van der Waals surface area contributed by atoms with Crippen molar-refractivity contribution in [1.29, 1.82) is 0 Å². The number of nitrogens with zero attached hydrogens (tertiary/aromatic N) is 1. The third-order valence-electron chi connectivity index (χ3n) is 3.85. The minimum atomic E-state index is -0.544. The Morgan fingerprint density at radius 2 is 1.75 bits per heavy atom. The molecule has 112 valence electrons. The highest BCUT2D eigenvalue weighted by Gasteiger charge is 2.52. The standard InChI is InChI=1S/C14H24BNO4/c1-8-11(9-16-10(2)12(17)18-7)15-19-13(3,4)14(5,6)20-15/h8-10H,1-7H3. The average Bonchev–Trinajstić information content (AvgIpc) is 2.57. The Kier molecular flexibility index (Phi) is 5.16. The summed E-state index contributed by atoms with van der Waals surface area (Å²) >= 11 is 0. The Morgan fingerprint density at radius 3 is 2.15 bits per heavy atom. The lowest BCUT2D eigenvalue weighted by atomic mass is 9.78. The second kappa shape index (κ2) is 6.10. The number of hydrogen-bond acceptors (Lipinski definition) is 5. The van der Waals surface area contributed by atoms with Crippen molar-refractivity contribution in [3.63, 3.8) is 0 Å². The number of aliphatic imine (C=N–C) groups is 1. The normalized spacial score (nSPS) is 23.1. The van der Waals surface area contributed by atoms with Gasteiger partial charge in [0.1, 0.15) is 6.04 Å². The van der Waals surface area contributed by atoms with Crippen LogP contribution in [0.2, 0.25) is 0 Å². The summed E-state index contributed by atoms with van der Waals surface area (Å²) in [4.78, 5) is 15.5. The molecule has 0 aromatic rings. The van der Waals surface area contributed by atoms with Crippen LogP contribution in [0.3, 0.4) is 0 Å². The summed E-state index contributed by atoms with van der Waals surface area (Å²) < 4.78 is 16.5. The van der Waals surface area contributed by atoms with E-state index in [0.29, 0.717) is 0 Å². The number of allylic oxidation sites excluding steroid dienone is 2. The molecule has 0 radical (unpaired) electrons. The van der Waals surface area contributed by atoms with Crippen LogP contribution in [-0.2, 0) is 18.8 Å². The number of methoxy groups -OCH3 is 1. The molecule has 0 aliphatic carbocycles.